The lowest BCUT2D eigenvalue weighted by atomic mass is 10.4. The van der Waals surface area contributed by atoms with Crippen LogP contribution in [0.1, 0.15) is 10.9 Å². The van der Waals surface area contributed by atoms with Crippen molar-refractivity contribution in [2.24, 2.45) is 0 Å². The molecule has 61 heavy (non-hydrogen) atoms. The van der Waals surface area contributed by atoms with Gasteiger partial charge in [-0.3, -0.25) is 0 Å². The number of hydrogen-bond acceptors (Lipinski definition) is 13. The van der Waals surface area contributed by atoms with Gasteiger partial charge in [0.1, 0.15) is 36.0 Å². The minimum Gasteiger partial charge on any atom is -0.430 e. The Labute approximate surface area is 366 Å². The normalized spacial score (nSPS) is 11.8. The van der Waals surface area contributed by atoms with Crippen LogP contribution in [0.25, 0.3) is 0 Å². The van der Waals surface area contributed by atoms with Crippen LogP contribution in [0.2, 0.25) is 0 Å². The number of nitrogens with zero attached hydrogens (tertiary/aromatic N) is 2. The molecule has 0 amide bonds. The maximum absolute atomic E-state index is 8.60. The predicted molar refractivity (Wildman–Crippen MR) is 226 cm³/mol. The zero-order chi connectivity index (χ0) is 43.7. The third kappa shape index (κ3) is 11.2. The van der Waals surface area contributed by atoms with Crippen LogP contribution in [-0.4, -0.2) is 19.3 Å². The number of halogens is 2. The first-order chi connectivity index (χ1) is 29.1. The number of oxazole rings is 1. The van der Waals surface area contributed by atoms with Gasteiger partial charge >= 0.3 is 0 Å². The van der Waals surface area contributed by atoms with Crippen LogP contribution in [0.15, 0.2) is 196 Å². The molecule has 2 heterocycles. The Hall–Kier alpha value is -4.37. The zero-order valence-electron chi connectivity index (χ0n) is 32.4. The first-order valence-corrected chi connectivity index (χ1v) is 25.9. The van der Waals surface area contributed by atoms with Crippen molar-refractivity contribution < 1.29 is 62.2 Å². The van der Waals surface area contributed by atoms with Crippen LogP contribution in [0.3, 0.4) is 0 Å². The first kappa shape index (κ1) is 46.1. The lowest BCUT2D eigenvalue weighted by Crippen LogP contribution is -2.58. The summed E-state index contributed by atoms with van der Waals surface area (Å²) in [6.07, 6.45) is 0. The minimum atomic E-state index is -4.69. The number of benzene rings is 6. The Balaban J connectivity index is 0.000000560. The largest absolute Gasteiger partial charge is 0.430 e. The lowest BCUT2D eigenvalue weighted by molar-refractivity contribution is -1.92. The molecule has 0 aliphatic heterocycles. The molecule has 11 nitrogen and oxygen atoms in total. The highest BCUT2D eigenvalue weighted by atomic mass is 35.7. The summed E-state index contributed by atoms with van der Waals surface area (Å²) in [5.41, 5.74) is 2.08. The average molecular weight is 936 g/mol. The van der Waals surface area contributed by atoms with Crippen molar-refractivity contribution >= 4 is 80.3 Å². The molecule has 0 radical (unpaired) electrons. The van der Waals surface area contributed by atoms with E-state index in [1.165, 1.54) is 31.8 Å². The van der Waals surface area contributed by atoms with Crippen LogP contribution in [0.4, 0.5) is 0 Å². The molecule has 8 aromatic rings. The van der Waals surface area contributed by atoms with Crippen LogP contribution in [-0.2, 0) is 0 Å². The predicted octanol–water partition coefficient (Wildman–Crippen LogP) is -0.110. The van der Waals surface area contributed by atoms with E-state index in [1.807, 2.05) is 6.92 Å². The van der Waals surface area contributed by atoms with E-state index in [9.17, 15) is 0 Å². The first-order valence-electron chi connectivity index (χ1n) is 18.1. The smallest absolute Gasteiger partial charge is 0.251 e. The Morgan fingerprint density at radius 3 is 1.00 bits per heavy atom. The van der Waals surface area contributed by atoms with Crippen LogP contribution in [0.5, 0.6) is 0 Å². The topological polar surface area (TPSA) is 218 Å². The van der Waals surface area contributed by atoms with E-state index in [4.69, 9.17) is 51.7 Å². The number of hydrogen-bond donors (Lipinski definition) is 2. The monoisotopic (exact) mass is 934 g/mol. The van der Waals surface area contributed by atoms with Crippen molar-refractivity contribution in [2.75, 3.05) is 0 Å². The summed E-state index contributed by atoms with van der Waals surface area (Å²) >= 11 is 3.43. The second-order valence-electron chi connectivity index (χ2n) is 12.9. The molecular weight excluding hydrogens is 897 g/mol. The van der Waals surface area contributed by atoms with E-state index >= 15 is 0 Å². The van der Waals surface area contributed by atoms with Gasteiger partial charge in [0, 0.05) is 6.92 Å². The third-order valence-electron chi connectivity index (χ3n) is 9.05. The minimum absolute atomic E-state index is 0.651. The Morgan fingerprint density at radius 2 is 0.721 bits per heavy atom. The molecule has 312 valence electrons. The highest BCUT2D eigenvalue weighted by Gasteiger charge is 2.55. The van der Waals surface area contributed by atoms with Gasteiger partial charge in [0.25, 0.3) is 5.44 Å². The van der Waals surface area contributed by atoms with Gasteiger partial charge in [0.2, 0.25) is 10.5 Å². The van der Waals surface area contributed by atoms with Gasteiger partial charge in [0.15, 0.2) is 20.4 Å². The Morgan fingerprint density at radius 1 is 0.459 bits per heavy atom. The molecule has 2 N–H and O–H groups in total. The van der Waals surface area contributed by atoms with E-state index in [0.29, 0.717) is 5.89 Å². The lowest BCUT2D eigenvalue weighted by Gasteiger charge is -2.27. The summed E-state index contributed by atoms with van der Waals surface area (Å²) in [6, 6.07) is 65.5. The second-order valence-corrected chi connectivity index (χ2v) is 23.6. The summed E-state index contributed by atoms with van der Waals surface area (Å²) in [7, 11) is -14.4. The zero-order valence-corrected chi connectivity index (χ0v) is 37.4. The molecule has 2 aromatic heterocycles. The van der Waals surface area contributed by atoms with Gasteiger partial charge in [0.05, 0.1) is 34.8 Å². The molecular formula is C44H38Cl2N2O9P2S2+2. The summed E-state index contributed by atoms with van der Waals surface area (Å²) in [4.78, 5) is 10.8. The molecule has 0 saturated carbocycles. The van der Waals surface area contributed by atoms with Crippen molar-refractivity contribution in [3.8, 4) is 0 Å². The summed E-state index contributed by atoms with van der Waals surface area (Å²) in [6.45, 7) is 4.09. The van der Waals surface area contributed by atoms with Crippen molar-refractivity contribution in [3.05, 3.63) is 193 Å². The second kappa shape index (κ2) is 20.2. The number of rotatable bonds is 10. The van der Waals surface area contributed by atoms with Gasteiger partial charge in [-0.15, -0.1) is 11.3 Å². The highest BCUT2D eigenvalue weighted by molar-refractivity contribution is 8.07. The Kier molecular flexibility index (Phi) is 15.3. The molecule has 6 aromatic carbocycles. The molecule has 17 heteroatoms. The quantitative estimate of drug-likeness (QED) is 0.172. The van der Waals surface area contributed by atoms with E-state index in [-0.39, 0.29) is 0 Å². The molecule has 0 aliphatic rings. The van der Waals surface area contributed by atoms with Crippen molar-refractivity contribution in [1.82, 2.24) is 9.97 Å². The summed E-state index contributed by atoms with van der Waals surface area (Å²) in [5, 5.41) is 9.34. The molecule has 8 rings (SSSR count). The van der Waals surface area contributed by atoms with Gasteiger partial charge in [-0.1, -0.05) is 109 Å². The molecule has 0 bridgehead atoms. The van der Waals surface area contributed by atoms with E-state index in [0.717, 1.165) is 25.2 Å². The van der Waals surface area contributed by atoms with Gasteiger partial charge < -0.3 is 4.42 Å². The van der Waals surface area contributed by atoms with E-state index in [1.54, 1.807) is 23.1 Å². The van der Waals surface area contributed by atoms with Crippen LogP contribution in [0, 0.1) is 34.3 Å². The fraction of sp³-hybridized carbons (Fsp3) is 0.0455. The fourth-order valence-corrected chi connectivity index (χ4v) is 18.7. The third-order valence-corrected chi connectivity index (χ3v) is 19.9. The maximum atomic E-state index is 8.60. The average Bonchev–Trinajstić information content (AvgIpc) is 3.80. The van der Waals surface area contributed by atoms with Crippen molar-refractivity contribution in [1.29, 1.82) is 0 Å². The molecule has 0 fully saturated rings. The number of aryl methyl sites for hydroxylation is 2. The highest BCUT2D eigenvalue weighted by Crippen LogP contribution is 2.59. The van der Waals surface area contributed by atoms with Gasteiger partial charge in [-0.2, -0.15) is 32.9 Å². The summed E-state index contributed by atoms with van der Waals surface area (Å²) in [5.74, 6) is 0.651. The van der Waals surface area contributed by atoms with Crippen LogP contribution >= 0.6 is 37.6 Å². The Bertz CT molecular complexity index is 2200. The fourth-order valence-electron chi connectivity index (χ4n) is 6.97. The standard InChI is InChI=1S/C44H36N2OP2S2.2ClHO4/c1-33-45-41(48(35-21-9-3-10-22-35,36-23-11-4-12-24-36)37-25-13-5-14-26-37)43(47-33)51-44-42(46-34(2)50-44)49(38-27-15-6-16-28-38,39-29-17-7-18-30-39)40-31-19-8-20-32-40;2*2-1(3,4)5/h3-32H,1-2H3;2*(H,2,3,4,5)/q+2;;. The van der Waals surface area contributed by atoms with Crippen molar-refractivity contribution in [3.63, 3.8) is 0 Å². The summed E-state index contributed by atoms with van der Waals surface area (Å²) < 4.78 is 73.3. The molecule has 0 aliphatic carbocycles. The van der Waals surface area contributed by atoms with Gasteiger partial charge in [-0.05, 0) is 91.5 Å². The molecule has 0 atom stereocenters. The van der Waals surface area contributed by atoms with E-state index < -0.39 is 35.0 Å². The number of aromatic nitrogens is 2. The molecule has 0 saturated heterocycles. The number of thiazole rings is 1. The molecule has 0 unspecified atom stereocenters. The van der Waals surface area contributed by atoms with E-state index in [2.05, 4.69) is 189 Å². The van der Waals surface area contributed by atoms with Crippen molar-refractivity contribution in [2.45, 2.75) is 23.1 Å². The maximum Gasteiger partial charge on any atom is 0.251 e. The molecule has 0 spiro atoms. The SMILES string of the molecule is Cc1nc([P+](c2ccccc2)(c2ccccc2)c2ccccc2)c(Sc2sc(C)nc2[P+](c2ccccc2)(c2ccccc2)c2ccccc2)o1.[O-][Cl+3]([O-])([O-])O.[O-][Cl+3]([O-])([O-])O. The van der Waals surface area contributed by atoms with Gasteiger partial charge in [-0.25, -0.2) is 4.98 Å². The van der Waals surface area contributed by atoms with Crippen LogP contribution < -0.4 is 70.7 Å².